The molecule has 112 valence electrons. The predicted molar refractivity (Wildman–Crippen MR) is 89.8 cm³/mol. The minimum absolute atomic E-state index is 0.0460. The molecule has 3 nitrogen and oxygen atoms in total. The van der Waals surface area contributed by atoms with Gasteiger partial charge in [-0.3, -0.25) is 4.79 Å². The zero-order valence-corrected chi connectivity index (χ0v) is 12.9. The van der Waals surface area contributed by atoms with Crippen molar-refractivity contribution in [2.75, 3.05) is 0 Å². The third kappa shape index (κ3) is 3.03. The van der Waals surface area contributed by atoms with Crippen LogP contribution in [0.2, 0.25) is 0 Å². The van der Waals surface area contributed by atoms with E-state index in [4.69, 9.17) is 0 Å². The Balaban J connectivity index is 1.65. The number of benzene rings is 2. The van der Waals surface area contributed by atoms with Gasteiger partial charge in [0.15, 0.2) is 0 Å². The van der Waals surface area contributed by atoms with Crippen LogP contribution >= 0.6 is 0 Å². The van der Waals surface area contributed by atoms with Gasteiger partial charge in [-0.15, -0.1) is 0 Å². The van der Waals surface area contributed by atoms with Crippen LogP contribution in [-0.4, -0.2) is 10.9 Å². The van der Waals surface area contributed by atoms with Gasteiger partial charge in [0.25, 0.3) is 0 Å². The number of amides is 1. The molecule has 1 amide bonds. The normalized spacial score (nSPS) is 10.8. The van der Waals surface area contributed by atoms with Crippen molar-refractivity contribution in [3.05, 3.63) is 70.9 Å². The van der Waals surface area contributed by atoms with Crippen LogP contribution in [0.5, 0.6) is 0 Å². The Morgan fingerprint density at radius 2 is 1.91 bits per heavy atom. The van der Waals surface area contributed by atoms with Crippen LogP contribution in [0.15, 0.2) is 48.7 Å². The van der Waals surface area contributed by atoms with Gasteiger partial charge in [-0.05, 0) is 36.6 Å². The Hall–Kier alpha value is -2.55. The molecule has 3 heteroatoms. The van der Waals surface area contributed by atoms with Gasteiger partial charge < -0.3 is 10.3 Å². The van der Waals surface area contributed by atoms with Gasteiger partial charge in [0, 0.05) is 23.6 Å². The molecule has 0 fully saturated rings. The molecule has 1 aromatic heterocycles. The smallest absolute Gasteiger partial charge is 0.224 e. The number of aromatic nitrogens is 1. The van der Waals surface area contributed by atoms with E-state index < -0.39 is 0 Å². The highest BCUT2D eigenvalue weighted by Gasteiger charge is 2.08. The van der Waals surface area contributed by atoms with Gasteiger partial charge >= 0.3 is 0 Å². The van der Waals surface area contributed by atoms with E-state index in [0.717, 1.165) is 22.0 Å². The van der Waals surface area contributed by atoms with Gasteiger partial charge in [0.2, 0.25) is 5.91 Å². The Morgan fingerprint density at radius 1 is 1.09 bits per heavy atom. The summed E-state index contributed by atoms with van der Waals surface area (Å²) in [5.41, 5.74) is 5.73. The maximum Gasteiger partial charge on any atom is 0.224 e. The largest absolute Gasteiger partial charge is 0.361 e. The number of rotatable bonds is 4. The standard InChI is InChI=1S/C19H20N2O/c1-13-7-8-15(14(2)9-13)11-21-19(22)10-16-12-20-18-6-4-3-5-17(16)18/h3-9,12,20H,10-11H2,1-2H3,(H,21,22). The number of nitrogens with one attached hydrogen (secondary N) is 2. The summed E-state index contributed by atoms with van der Waals surface area (Å²) in [6.45, 7) is 4.73. The van der Waals surface area contributed by atoms with Crippen LogP contribution < -0.4 is 5.32 Å². The molecule has 0 aliphatic rings. The Bertz CT molecular complexity index is 817. The second kappa shape index (κ2) is 6.06. The Morgan fingerprint density at radius 3 is 2.73 bits per heavy atom. The van der Waals surface area contributed by atoms with Gasteiger partial charge in [-0.2, -0.15) is 0 Å². The van der Waals surface area contributed by atoms with Crippen LogP contribution in [0, 0.1) is 13.8 Å². The fourth-order valence-corrected chi connectivity index (χ4v) is 2.75. The summed E-state index contributed by atoms with van der Waals surface area (Å²) in [6, 6.07) is 14.3. The maximum atomic E-state index is 12.2. The van der Waals surface area contributed by atoms with Crippen molar-refractivity contribution in [3.8, 4) is 0 Å². The molecule has 3 rings (SSSR count). The highest BCUT2D eigenvalue weighted by Crippen LogP contribution is 2.18. The Labute approximate surface area is 130 Å². The van der Waals surface area contributed by atoms with Crippen molar-refractivity contribution in [2.24, 2.45) is 0 Å². The number of aryl methyl sites for hydroxylation is 2. The molecular weight excluding hydrogens is 272 g/mol. The van der Waals surface area contributed by atoms with Crippen LogP contribution in [0.25, 0.3) is 10.9 Å². The van der Waals surface area contributed by atoms with Crippen LogP contribution in [0.4, 0.5) is 0 Å². The first-order valence-corrected chi connectivity index (χ1v) is 7.51. The van der Waals surface area contributed by atoms with Crippen molar-refractivity contribution in [2.45, 2.75) is 26.8 Å². The lowest BCUT2D eigenvalue weighted by Gasteiger charge is -2.08. The molecule has 2 aromatic carbocycles. The van der Waals surface area contributed by atoms with Crippen molar-refractivity contribution >= 4 is 16.8 Å². The highest BCUT2D eigenvalue weighted by atomic mass is 16.1. The molecule has 0 saturated heterocycles. The van der Waals surface area contributed by atoms with Gasteiger partial charge in [-0.25, -0.2) is 0 Å². The average molecular weight is 292 g/mol. The number of hydrogen-bond acceptors (Lipinski definition) is 1. The third-order valence-electron chi connectivity index (χ3n) is 4.00. The van der Waals surface area contributed by atoms with E-state index in [1.807, 2.05) is 30.5 Å². The predicted octanol–water partition coefficient (Wildman–Crippen LogP) is 3.64. The Kier molecular flexibility index (Phi) is 3.96. The second-order valence-electron chi connectivity index (χ2n) is 5.74. The zero-order valence-electron chi connectivity index (χ0n) is 12.9. The summed E-state index contributed by atoms with van der Waals surface area (Å²) in [5.74, 6) is 0.0460. The molecule has 0 bridgehead atoms. The fraction of sp³-hybridized carbons (Fsp3) is 0.211. The molecule has 2 N–H and O–H groups in total. The number of para-hydroxylation sites is 1. The van der Waals surface area contributed by atoms with Crippen LogP contribution in [0.1, 0.15) is 22.3 Å². The molecule has 0 aliphatic carbocycles. The van der Waals surface area contributed by atoms with E-state index in [1.54, 1.807) is 0 Å². The highest BCUT2D eigenvalue weighted by molar-refractivity contribution is 5.88. The lowest BCUT2D eigenvalue weighted by atomic mass is 10.1. The van der Waals surface area contributed by atoms with Crippen molar-refractivity contribution in [3.63, 3.8) is 0 Å². The first-order chi connectivity index (χ1) is 10.6. The summed E-state index contributed by atoms with van der Waals surface area (Å²) in [4.78, 5) is 15.4. The van der Waals surface area contributed by atoms with Crippen LogP contribution in [0.3, 0.4) is 0 Å². The average Bonchev–Trinajstić information content (AvgIpc) is 2.90. The molecule has 0 atom stereocenters. The van der Waals surface area contributed by atoms with E-state index in [0.29, 0.717) is 13.0 Å². The summed E-state index contributed by atoms with van der Waals surface area (Å²) >= 11 is 0. The number of aromatic amines is 1. The van der Waals surface area contributed by atoms with Crippen molar-refractivity contribution in [1.82, 2.24) is 10.3 Å². The number of H-pyrrole nitrogens is 1. The SMILES string of the molecule is Cc1ccc(CNC(=O)Cc2c[nH]c3ccccc23)c(C)c1. The summed E-state index contributed by atoms with van der Waals surface area (Å²) in [6.07, 6.45) is 2.32. The summed E-state index contributed by atoms with van der Waals surface area (Å²) in [7, 11) is 0. The van der Waals surface area contributed by atoms with E-state index >= 15 is 0 Å². The van der Waals surface area contributed by atoms with Gasteiger partial charge in [0.05, 0.1) is 6.42 Å². The number of carbonyl (C=O) groups excluding carboxylic acids is 1. The fourth-order valence-electron chi connectivity index (χ4n) is 2.75. The summed E-state index contributed by atoms with van der Waals surface area (Å²) in [5, 5.41) is 4.12. The number of carbonyl (C=O) groups is 1. The molecule has 0 spiro atoms. The lowest BCUT2D eigenvalue weighted by molar-refractivity contribution is -0.120. The monoisotopic (exact) mass is 292 g/mol. The topological polar surface area (TPSA) is 44.9 Å². The third-order valence-corrected chi connectivity index (χ3v) is 4.00. The molecule has 0 unspecified atom stereocenters. The minimum Gasteiger partial charge on any atom is -0.361 e. The van der Waals surface area contributed by atoms with Gasteiger partial charge in [0.1, 0.15) is 0 Å². The molecule has 0 aliphatic heterocycles. The van der Waals surface area contributed by atoms with Gasteiger partial charge in [-0.1, -0.05) is 42.0 Å². The number of hydrogen-bond donors (Lipinski definition) is 2. The number of fused-ring (bicyclic) bond motifs is 1. The lowest BCUT2D eigenvalue weighted by Crippen LogP contribution is -2.24. The molecule has 0 radical (unpaired) electrons. The quantitative estimate of drug-likeness (QED) is 0.757. The van der Waals surface area contributed by atoms with Crippen LogP contribution in [-0.2, 0) is 17.8 Å². The van der Waals surface area contributed by atoms with E-state index in [9.17, 15) is 4.79 Å². The molecule has 22 heavy (non-hydrogen) atoms. The maximum absolute atomic E-state index is 12.2. The van der Waals surface area contributed by atoms with E-state index in [2.05, 4.69) is 42.3 Å². The van der Waals surface area contributed by atoms with E-state index in [1.165, 1.54) is 11.1 Å². The molecule has 3 aromatic rings. The molecular formula is C19H20N2O. The molecule has 1 heterocycles. The first-order valence-electron chi connectivity index (χ1n) is 7.51. The second-order valence-corrected chi connectivity index (χ2v) is 5.74. The van der Waals surface area contributed by atoms with Crippen molar-refractivity contribution in [1.29, 1.82) is 0 Å². The zero-order chi connectivity index (χ0) is 15.5. The first kappa shape index (κ1) is 14.4. The minimum atomic E-state index is 0.0460. The van der Waals surface area contributed by atoms with Crippen molar-refractivity contribution < 1.29 is 4.79 Å². The molecule has 0 saturated carbocycles. The van der Waals surface area contributed by atoms with E-state index in [-0.39, 0.29) is 5.91 Å². The summed E-state index contributed by atoms with van der Waals surface area (Å²) < 4.78 is 0.